The van der Waals surface area contributed by atoms with Crippen molar-refractivity contribution in [1.82, 2.24) is 4.90 Å². The van der Waals surface area contributed by atoms with Gasteiger partial charge in [-0.1, -0.05) is 6.92 Å². The van der Waals surface area contributed by atoms with Crippen LogP contribution in [0.15, 0.2) is 12.1 Å². The number of ether oxygens (including phenoxy) is 2. The van der Waals surface area contributed by atoms with E-state index in [0.717, 1.165) is 17.7 Å². The van der Waals surface area contributed by atoms with E-state index in [1.165, 1.54) is 0 Å². The van der Waals surface area contributed by atoms with Gasteiger partial charge in [0.15, 0.2) is 11.5 Å². The monoisotopic (exact) mass is 372 g/mol. The lowest BCUT2D eigenvalue weighted by Crippen LogP contribution is -2.48. The Bertz CT molecular complexity index is 534. The van der Waals surface area contributed by atoms with Crippen LogP contribution in [0.25, 0.3) is 0 Å². The van der Waals surface area contributed by atoms with Crippen molar-refractivity contribution in [2.75, 3.05) is 39.8 Å². The predicted octanol–water partition coefficient (Wildman–Crippen LogP) is 2.51. The number of hydrogen-bond donors (Lipinski definition) is 0. The summed E-state index contributed by atoms with van der Waals surface area (Å²) < 4.78 is 10.7. The third kappa shape index (κ3) is 3.55. The van der Waals surface area contributed by atoms with Gasteiger partial charge in [0.1, 0.15) is 0 Å². The van der Waals surface area contributed by atoms with Crippen molar-refractivity contribution >= 4 is 28.6 Å². The molecule has 0 fully saturated rings. The molecule has 1 aromatic rings. The number of amides is 1. The lowest BCUT2D eigenvalue weighted by Gasteiger charge is -2.38. The molecular weight excluding hydrogens is 348 g/mol. The maximum atomic E-state index is 12.3. The normalized spacial score (nSPS) is 16.8. The fraction of sp³-hybridized carbons (Fsp3) is 0.562. The molecule has 6 heteroatoms. The largest absolute Gasteiger partial charge is 0.493 e. The Morgan fingerprint density at radius 3 is 2.36 bits per heavy atom. The average Bonchev–Trinajstić information content (AvgIpc) is 2.51. The molecule has 0 aliphatic carbocycles. The lowest BCUT2D eigenvalue weighted by atomic mass is 9.96. The van der Waals surface area contributed by atoms with Crippen LogP contribution in [0.1, 0.15) is 18.9 Å². The summed E-state index contributed by atoms with van der Waals surface area (Å²) in [5.74, 6) is 1.50. The van der Waals surface area contributed by atoms with E-state index in [9.17, 15) is 4.79 Å². The van der Waals surface area contributed by atoms with E-state index in [0.29, 0.717) is 30.5 Å². The molecule has 1 aromatic carbocycles. The number of carbonyl (C=O) groups excluding carboxylic acids is 1. The quantitative estimate of drug-likeness (QED) is 0.814. The van der Waals surface area contributed by atoms with Crippen LogP contribution in [0.2, 0.25) is 0 Å². The first-order valence-electron chi connectivity index (χ1n) is 7.23. The Balaban J connectivity index is 0.00000242. The lowest BCUT2D eigenvalue weighted by molar-refractivity contribution is -0.118. The molecule has 1 heterocycles. The third-order valence-corrected chi connectivity index (χ3v) is 4.06. The van der Waals surface area contributed by atoms with Gasteiger partial charge in [0.05, 0.1) is 19.9 Å². The minimum atomic E-state index is 0. The van der Waals surface area contributed by atoms with Crippen molar-refractivity contribution in [2.24, 2.45) is 0 Å². The molecule has 5 nitrogen and oxygen atoms in total. The molecule has 0 saturated carbocycles. The van der Waals surface area contributed by atoms with Crippen LogP contribution in [-0.2, 0) is 11.2 Å². The van der Waals surface area contributed by atoms with E-state index >= 15 is 0 Å². The predicted molar refractivity (Wildman–Crippen MR) is 93.7 cm³/mol. The van der Waals surface area contributed by atoms with Gasteiger partial charge in [-0.05, 0) is 32.1 Å². The summed E-state index contributed by atoms with van der Waals surface area (Å²) in [6.45, 7) is 2.60. The maximum Gasteiger partial charge on any atom is 0.226 e. The molecule has 124 valence electrons. The Morgan fingerprint density at radius 1 is 1.27 bits per heavy atom. The zero-order valence-corrected chi connectivity index (χ0v) is 15.6. The number of anilines is 1. The number of benzene rings is 1. The number of carbonyl (C=O) groups is 1. The summed E-state index contributed by atoms with van der Waals surface area (Å²) in [6, 6.07) is 4.21. The smallest absolute Gasteiger partial charge is 0.226 e. The standard InChI is InChI=1S/C16H24N2O3.BrH/c1-6-16(19)18-10-12(17(2)3)7-11-8-14(20-4)15(21-5)9-13(11)18;/h8-9,12H,6-7,10H2,1-5H3;1H. The van der Waals surface area contributed by atoms with Gasteiger partial charge >= 0.3 is 0 Å². The van der Waals surface area contributed by atoms with Crippen molar-refractivity contribution in [3.8, 4) is 11.5 Å². The van der Waals surface area contributed by atoms with Crippen molar-refractivity contribution in [2.45, 2.75) is 25.8 Å². The molecule has 1 aliphatic heterocycles. The summed E-state index contributed by atoms with van der Waals surface area (Å²) in [4.78, 5) is 16.3. The van der Waals surface area contributed by atoms with Gasteiger partial charge in [-0.2, -0.15) is 0 Å². The van der Waals surface area contributed by atoms with E-state index in [1.807, 2.05) is 38.1 Å². The van der Waals surface area contributed by atoms with E-state index in [4.69, 9.17) is 9.47 Å². The Labute approximate surface area is 142 Å². The molecular formula is C16H25BrN2O3. The summed E-state index contributed by atoms with van der Waals surface area (Å²) in [6.07, 6.45) is 1.39. The maximum absolute atomic E-state index is 12.3. The number of rotatable bonds is 4. The fourth-order valence-corrected chi connectivity index (χ4v) is 2.73. The molecule has 2 rings (SSSR count). The molecule has 0 radical (unpaired) electrons. The van der Waals surface area contributed by atoms with Gasteiger partial charge in [0.25, 0.3) is 0 Å². The second-order valence-electron chi connectivity index (χ2n) is 5.52. The number of halogens is 1. The minimum absolute atomic E-state index is 0. The third-order valence-electron chi connectivity index (χ3n) is 4.06. The Kier molecular flexibility index (Phi) is 6.68. The van der Waals surface area contributed by atoms with E-state index in [-0.39, 0.29) is 22.9 Å². The first-order valence-corrected chi connectivity index (χ1v) is 7.23. The highest BCUT2D eigenvalue weighted by molar-refractivity contribution is 8.93. The molecule has 1 unspecified atom stereocenters. The minimum Gasteiger partial charge on any atom is -0.493 e. The van der Waals surface area contributed by atoms with Crippen molar-refractivity contribution < 1.29 is 14.3 Å². The molecule has 1 amide bonds. The molecule has 22 heavy (non-hydrogen) atoms. The van der Waals surface area contributed by atoms with Crippen LogP contribution < -0.4 is 14.4 Å². The molecule has 0 bridgehead atoms. The second-order valence-corrected chi connectivity index (χ2v) is 5.52. The van der Waals surface area contributed by atoms with Gasteiger partial charge in [-0.3, -0.25) is 4.79 Å². The number of fused-ring (bicyclic) bond motifs is 1. The number of likely N-dealkylation sites (N-methyl/N-ethyl adjacent to an activating group) is 1. The van der Waals surface area contributed by atoms with Crippen LogP contribution in [0.3, 0.4) is 0 Å². The number of hydrogen-bond acceptors (Lipinski definition) is 4. The van der Waals surface area contributed by atoms with Gasteiger partial charge in [0, 0.05) is 25.1 Å². The Morgan fingerprint density at radius 2 is 1.86 bits per heavy atom. The van der Waals surface area contributed by atoms with Crippen molar-refractivity contribution in [3.63, 3.8) is 0 Å². The first kappa shape index (κ1) is 18.8. The zero-order valence-electron chi connectivity index (χ0n) is 13.9. The van der Waals surface area contributed by atoms with Crippen LogP contribution >= 0.6 is 17.0 Å². The summed E-state index contributed by atoms with van der Waals surface area (Å²) >= 11 is 0. The van der Waals surface area contributed by atoms with Crippen LogP contribution in [-0.4, -0.2) is 51.7 Å². The average molecular weight is 373 g/mol. The summed E-state index contributed by atoms with van der Waals surface area (Å²) in [5, 5.41) is 0. The molecule has 1 aliphatic rings. The highest BCUT2D eigenvalue weighted by Gasteiger charge is 2.30. The second kappa shape index (κ2) is 7.83. The number of methoxy groups -OCH3 is 2. The molecule has 1 atom stereocenters. The molecule has 0 N–H and O–H groups in total. The van der Waals surface area contributed by atoms with Crippen LogP contribution in [0.4, 0.5) is 5.69 Å². The van der Waals surface area contributed by atoms with Crippen molar-refractivity contribution in [3.05, 3.63) is 17.7 Å². The van der Waals surface area contributed by atoms with Gasteiger partial charge in [-0.15, -0.1) is 17.0 Å². The zero-order chi connectivity index (χ0) is 15.6. The first-order chi connectivity index (χ1) is 10.0. The SMILES string of the molecule is Br.CCC(=O)N1CC(N(C)C)Cc2cc(OC)c(OC)cc21. The van der Waals surface area contributed by atoms with Crippen LogP contribution in [0.5, 0.6) is 11.5 Å². The topological polar surface area (TPSA) is 42.0 Å². The number of nitrogens with zero attached hydrogens (tertiary/aromatic N) is 2. The van der Waals surface area contributed by atoms with Crippen LogP contribution in [0, 0.1) is 0 Å². The van der Waals surface area contributed by atoms with E-state index in [1.54, 1.807) is 14.2 Å². The van der Waals surface area contributed by atoms with E-state index in [2.05, 4.69) is 4.90 Å². The van der Waals surface area contributed by atoms with Crippen molar-refractivity contribution in [1.29, 1.82) is 0 Å². The van der Waals surface area contributed by atoms with Gasteiger partial charge in [0.2, 0.25) is 5.91 Å². The van der Waals surface area contributed by atoms with Gasteiger partial charge < -0.3 is 19.3 Å². The summed E-state index contributed by atoms with van der Waals surface area (Å²) in [7, 11) is 7.34. The highest BCUT2D eigenvalue weighted by atomic mass is 79.9. The van der Waals surface area contributed by atoms with Gasteiger partial charge in [-0.25, -0.2) is 0 Å². The molecule has 0 aromatic heterocycles. The fourth-order valence-electron chi connectivity index (χ4n) is 2.73. The molecule has 0 saturated heterocycles. The summed E-state index contributed by atoms with van der Waals surface area (Å²) in [5.41, 5.74) is 2.07. The highest BCUT2D eigenvalue weighted by Crippen LogP contribution is 2.38. The molecule has 0 spiro atoms. The Hall–Kier alpha value is -1.27. The van der Waals surface area contributed by atoms with E-state index < -0.39 is 0 Å².